The minimum atomic E-state index is 0.236. The lowest BCUT2D eigenvalue weighted by Gasteiger charge is -2.34. The summed E-state index contributed by atoms with van der Waals surface area (Å²) in [6, 6.07) is 10.2. The first-order valence-corrected chi connectivity index (χ1v) is 11.7. The second kappa shape index (κ2) is 8.99. The van der Waals surface area contributed by atoms with Gasteiger partial charge in [-0.25, -0.2) is 4.98 Å². The first-order chi connectivity index (χ1) is 16.0. The van der Waals surface area contributed by atoms with Crippen LogP contribution in [0.4, 0.5) is 5.82 Å². The van der Waals surface area contributed by atoms with Gasteiger partial charge in [0.15, 0.2) is 0 Å². The molecule has 0 radical (unpaired) electrons. The van der Waals surface area contributed by atoms with Crippen LogP contribution in [0.25, 0.3) is 21.5 Å². The zero-order valence-corrected chi connectivity index (χ0v) is 20.1. The molecule has 1 fully saturated rings. The van der Waals surface area contributed by atoms with Crippen molar-refractivity contribution in [1.29, 1.82) is 0 Å². The number of fused-ring (bicyclic) bond motifs is 1. The molecule has 3 aromatic heterocycles. The van der Waals surface area contributed by atoms with E-state index in [0.29, 0.717) is 25.7 Å². The molecule has 0 N–H and O–H groups in total. The van der Waals surface area contributed by atoms with Crippen LogP contribution < -0.4 is 14.4 Å². The number of methoxy groups -OCH3 is 1. The fourth-order valence-corrected chi connectivity index (χ4v) is 4.97. The highest BCUT2D eigenvalue weighted by Crippen LogP contribution is 2.39. The smallest absolute Gasteiger partial charge is 0.252 e. The molecule has 172 valence electrons. The molecule has 1 aliphatic heterocycles. The molecule has 8 nitrogen and oxygen atoms in total. The Morgan fingerprint density at radius 3 is 2.76 bits per heavy atom. The molecule has 0 aliphatic carbocycles. The lowest BCUT2D eigenvalue weighted by molar-refractivity contribution is 0.0986. The van der Waals surface area contributed by atoms with Gasteiger partial charge in [0.05, 0.1) is 43.0 Å². The maximum atomic E-state index is 6.15. The Morgan fingerprint density at radius 2 is 2.06 bits per heavy atom. The molecule has 1 saturated heterocycles. The van der Waals surface area contributed by atoms with E-state index in [1.807, 2.05) is 42.2 Å². The summed E-state index contributed by atoms with van der Waals surface area (Å²) in [6.45, 7) is 6.81. The summed E-state index contributed by atoms with van der Waals surface area (Å²) in [5.74, 6) is 2.28. The molecule has 1 atom stereocenters. The van der Waals surface area contributed by atoms with Gasteiger partial charge in [0.2, 0.25) is 0 Å². The summed E-state index contributed by atoms with van der Waals surface area (Å²) in [6.07, 6.45) is 1.89. The average molecular weight is 466 g/mol. The summed E-state index contributed by atoms with van der Waals surface area (Å²) in [5, 5.41) is 4.46. The molecule has 1 unspecified atom stereocenters. The summed E-state index contributed by atoms with van der Waals surface area (Å²) >= 11 is 1.41. The van der Waals surface area contributed by atoms with Gasteiger partial charge in [0, 0.05) is 19.2 Å². The van der Waals surface area contributed by atoms with Crippen LogP contribution in [0, 0.1) is 6.92 Å². The normalized spacial score (nSPS) is 16.4. The minimum absolute atomic E-state index is 0.236. The molecule has 1 aromatic carbocycles. The Labute approximate surface area is 196 Å². The highest BCUT2D eigenvalue weighted by atomic mass is 32.1. The van der Waals surface area contributed by atoms with Crippen LogP contribution in [-0.4, -0.2) is 52.0 Å². The van der Waals surface area contributed by atoms with E-state index in [-0.39, 0.29) is 6.04 Å². The van der Waals surface area contributed by atoms with Crippen molar-refractivity contribution in [2.75, 3.05) is 31.8 Å². The highest BCUT2D eigenvalue weighted by Gasteiger charge is 2.25. The van der Waals surface area contributed by atoms with E-state index >= 15 is 0 Å². The van der Waals surface area contributed by atoms with Crippen molar-refractivity contribution in [2.24, 2.45) is 7.05 Å². The monoisotopic (exact) mass is 465 g/mol. The van der Waals surface area contributed by atoms with Crippen LogP contribution in [0.3, 0.4) is 0 Å². The zero-order chi connectivity index (χ0) is 22.9. The topological polar surface area (TPSA) is 74.5 Å². The van der Waals surface area contributed by atoms with E-state index in [2.05, 4.69) is 34.3 Å². The second-order valence-corrected chi connectivity index (χ2v) is 9.02. The summed E-state index contributed by atoms with van der Waals surface area (Å²) in [4.78, 5) is 7.32. The maximum Gasteiger partial charge on any atom is 0.252 e. The van der Waals surface area contributed by atoms with E-state index in [0.717, 1.165) is 50.7 Å². The maximum absolute atomic E-state index is 6.15. The third kappa shape index (κ3) is 4.14. The van der Waals surface area contributed by atoms with Crippen molar-refractivity contribution in [3.8, 4) is 22.9 Å². The van der Waals surface area contributed by atoms with Crippen molar-refractivity contribution < 1.29 is 14.2 Å². The molecule has 0 spiro atoms. The number of hydrogen-bond donors (Lipinski definition) is 0. The van der Waals surface area contributed by atoms with Crippen LogP contribution in [0.1, 0.15) is 18.1 Å². The van der Waals surface area contributed by atoms with Gasteiger partial charge in [-0.1, -0.05) is 12.1 Å². The quantitative estimate of drug-likeness (QED) is 0.422. The Balaban J connectivity index is 1.56. The predicted octanol–water partition coefficient (Wildman–Crippen LogP) is 4.21. The number of anilines is 1. The number of ether oxygens (including phenoxy) is 3. The Bertz CT molecular complexity index is 1250. The van der Waals surface area contributed by atoms with Gasteiger partial charge in [-0.05, 0) is 54.7 Å². The van der Waals surface area contributed by atoms with Crippen LogP contribution in [0.5, 0.6) is 11.6 Å². The average Bonchev–Trinajstić information content (AvgIpc) is 3.40. The number of morpholine rings is 1. The van der Waals surface area contributed by atoms with Crippen molar-refractivity contribution in [3.05, 3.63) is 47.7 Å². The first-order valence-electron chi connectivity index (χ1n) is 10.9. The standard InChI is InChI=1S/C24H27N5O3S/c1-15-12-25-28(3)22(15)19-11-20(29-9-10-31-13-16(29)2)26-21-23(19)33-27-24(21)32-14-17-5-7-18(30-4)8-6-17/h5-8,11-12,16H,9-10,13-14H2,1-4H3. The zero-order valence-electron chi connectivity index (χ0n) is 19.2. The molecule has 4 aromatic rings. The van der Waals surface area contributed by atoms with Crippen LogP contribution >= 0.6 is 11.5 Å². The third-order valence-electron chi connectivity index (χ3n) is 5.96. The van der Waals surface area contributed by atoms with Crippen LogP contribution in [0.15, 0.2) is 36.5 Å². The fraction of sp³-hybridized carbons (Fsp3) is 0.375. The summed E-state index contributed by atoms with van der Waals surface area (Å²) in [5.41, 5.74) is 5.07. The second-order valence-electron chi connectivity index (χ2n) is 8.25. The van der Waals surface area contributed by atoms with Gasteiger partial charge in [-0.15, -0.1) is 0 Å². The van der Waals surface area contributed by atoms with Crippen molar-refractivity contribution >= 4 is 27.6 Å². The van der Waals surface area contributed by atoms with Crippen molar-refractivity contribution in [1.82, 2.24) is 19.1 Å². The fourth-order valence-electron chi connectivity index (χ4n) is 4.18. The lowest BCUT2D eigenvalue weighted by atomic mass is 10.1. The van der Waals surface area contributed by atoms with Crippen LogP contribution in [0.2, 0.25) is 0 Å². The first kappa shape index (κ1) is 21.7. The molecule has 0 saturated carbocycles. The number of pyridine rings is 1. The van der Waals surface area contributed by atoms with Crippen molar-refractivity contribution in [2.45, 2.75) is 26.5 Å². The number of aryl methyl sites for hydroxylation is 2. The van der Waals surface area contributed by atoms with Gasteiger partial charge < -0.3 is 19.1 Å². The molecule has 0 bridgehead atoms. The summed E-state index contributed by atoms with van der Waals surface area (Å²) < 4.78 is 24.6. The third-order valence-corrected chi connectivity index (χ3v) is 6.81. The van der Waals surface area contributed by atoms with Gasteiger partial charge in [0.25, 0.3) is 5.88 Å². The number of nitrogens with zero attached hydrogens (tertiary/aromatic N) is 5. The van der Waals surface area contributed by atoms with E-state index in [9.17, 15) is 0 Å². The molecule has 0 amide bonds. The van der Waals surface area contributed by atoms with Crippen LogP contribution in [-0.2, 0) is 18.4 Å². The largest absolute Gasteiger partial charge is 0.497 e. The Kier molecular flexibility index (Phi) is 5.90. The van der Waals surface area contributed by atoms with E-state index in [1.54, 1.807) is 7.11 Å². The molecule has 9 heteroatoms. The molecule has 1 aliphatic rings. The number of benzene rings is 1. The molecule has 5 rings (SSSR count). The molecule has 4 heterocycles. The Hall–Kier alpha value is -3.17. The number of rotatable bonds is 6. The predicted molar refractivity (Wildman–Crippen MR) is 129 cm³/mol. The van der Waals surface area contributed by atoms with E-state index < -0.39 is 0 Å². The number of hydrogen-bond acceptors (Lipinski definition) is 8. The SMILES string of the molecule is COc1ccc(COc2nsc3c(-c4c(C)cnn4C)cc(N4CCOCC4C)nc23)cc1. The Morgan fingerprint density at radius 1 is 1.24 bits per heavy atom. The molecule has 33 heavy (non-hydrogen) atoms. The van der Waals surface area contributed by atoms with E-state index in [1.165, 1.54) is 11.5 Å². The highest BCUT2D eigenvalue weighted by molar-refractivity contribution is 7.14. The van der Waals surface area contributed by atoms with Crippen molar-refractivity contribution in [3.63, 3.8) is 0 Å². The lowest BCUT2D eigenvalue weighted by Crippen LogP contribution is -2.44. The number of aromatic nitrogens is 4. The minimum Gasteiger partial charge on any atom is -0.497 e. The van der Waals surface area contributed by atoms with Gasteiger partial charge in [-0.2, -0.15) is 9.47 Å². The van der Waals surface area contributed by atoms with Gasteiger partial charge in [-0.3, -0.25) is 4.68 Å². The molecular weight excluding hydrogens is 438 g/mol. The molecular formula is C24H27N5O3S. The van der Waals surface area contributed by atoms with Gasteiger partial charge >= 0.3 is 0 Å². The van der Waals surface area contributed by atoms with E-state index in [4.69, 9.17) is 19.2 Å². The van der Waals surface area contributed by atoms with Gasteiger partial charge in [0.1, 0.15) is 23.7 Å². The summed E-state index contributed by atoms with van der Waals surface area (Å²) in [7, 11) is 3.63.